The van der Waals surface area contributed by atoms with Gasteiger partial charge in [-0.25, -0.2) is 0 Å². The molecule has 0 aliphatic carbocycles. The van der Waals surface area contributed by atoms with Crippen LogP contribution in [0.25, 0.3) is 0 Å². The molecule has 1 amide bonds. The van der Waals surface area contributed by atoms with Crippen LogP contribution in [0.5, 0.6) is 0 Å². The fourth-order valence-electron chi connectivity index (χ4n) is 2.02. The summed E-state index contributed by atoms with van der Waals surface area (Å²) in [5.74, 6) is -4.40. The third-order valence-corrected chi connectivity index (χ3v) is 4.28. The summed E-state index contributed by atoms with van der Waals surface area (Å²) in [5.41, 5.74) is -1.78. The van der Waals surface area contributed by atoms with Crippen molar-refractivity contribution in [2.24, 2.45) is 0 Å². The Morgan fingerprint density at radius 2 is 1.72 bits per heavy atom. The topological polar surface area (TPSA) is 29.1 Å². The lowest BCUT2D eigenvalue weighted by molar-refractivity contribution is -0.137. The molecule has 9 heteroatoms. The Morgan fingerprint density at radius 3 is 2.28 bits per heavy atom. The van der Waals surface area contributed by atoms with Crippen LogP contribution < -0.4 is 5.32 Å². The number of amides is 1. The summed E-state index contributed by atoms with van der Waals surface area (Å²) in [6.45, 7) is -1.11. The zero-order valence-corrected chi connectivity index (χ0v) is 14.6. The second-order valence-electron chi connectivity index (χ2n) is 5.06. The Bertz CT molecular complexity index is 794. The van der Waals surface area contributed by atoms with E-state index in [0.717, 1.165) is 0 Å². The molecule has 0 fully saturated rings. The maximum atomic E-state index is 14.2. The fraction of sp³-hybridized carbons (Fsp3) is 0.188. The number of alkyl halides is 5. The van der Waals surface area contributed by atoms with Crippen LogP contribution in [0.2, 0.25) is 5.02 Å². The van der Waals surface area contributed by atoms with E-state index >= 15 is 0 Å². The summed E-state index contributed by atoms with van der Waals surface area (Å²) < 4.78 is 66.6. The normalized spacial score (nSPS) is 12.1. The summed E-state index contributed by atoms with van der Waals surface area (Å²) >= 11 is 8.70. The third kappa shape index (κ3) is 4.70. The minimum absolute atomic E-state index is 0.150. The van der Waals surface area contributed by atoms with Crippen molar-refractivity contribution in [1.82, 2.24) is 5.32 Å². The lowest BCUT2D eigenvalue weighted by atomic mass is 10.1. The first-order valence-electron chi connectivity index (χ1n) is 6.80. The Kier molecular flexibility index (Phi) is 5.73. The number of nitrogens with one attached hydrogen (secondary N) is 1. The number of halogens is 7. The first-order valence-corrected chi connectivity index (χ1v) is 7.97. The number of benzene rings is 2. The zero-order valence-electron chi connectivity index (χ0n) is 12.3. The second kappa shape index (κ2) is 7.29. The quantitative estimate of drug-likeness (QED) is 0.610. The highest BCUT2D eigenvalue weighted by Crippen LogP contribution is 2.37. The van der Waals surface area contributed by atoms with Gasteiger partial charge in [0.2, 0.25) is 0 Å². The van der Waals surface area contributed by atoms with Gasteiger partial charge in [0.05, 0.1) is 22.7 Å². The molecule has 0 saturated carbocycles. The van der Waals surface area contributed by atoms with Gasteiger partial charge in [-0.15, -0.1) is 0 Å². The summed E-state index contributed by atoms with van der Waals surface area (Å²) in [4.78, 5) is 12.0. The van der Waals surface area contributed by atoms with Crippen LogP contribution >= 0.6 is 27.5 Å². The van der Waals surface area contributed by atoms with Crippen molar-refractivity contribution >= 4 is 33.4 Å². The molecule has 0 aliphatic heterocycles. The van der Waals surface area contributed by atoms with Crippen molar-refractivity contribution in [3.63, 3.8) is 0 Å². The molecule has 0 aromatic heterocycles. The SMILES string of the molecule is O=C(NCC(F)(F)c1ccc(C(F)(F)F)cc1Cl)c1ccccc1Br. The van der Waals surface area contributed by atoms with E-state index in [1.165, 1.54) is 6.07 Å². The number of carbonyl (C=O) groups is 1. The summed E-state index contributed by atoms with van der Waals surface area (Å²) in [6.07, 6.45) is -4.69. The van der Waals surface area contributed by atoms with E-state index in [1.807, 2.05) is 0 Å². The predicted molar refractivity (Wildman–Crippen MR) is 86.8 cm³/mol. The van der Waals surface area contributed by atoms with E-state index in [2.05, 4.69) is 21.2 Å². The van der Waals surface area contributed by atoms with E-state index in [0.29, 0.717) is 22.7 Å². The predicted octanol–water partition coefficient (Wildman–Crippen LogP) is 5.64. The van der Waals surface area contributed by atoms with Crippen LogP contribution in [-0.4, -0.2) is 12.5 Å². The van der Waals surface area contributed by atoms with Gasteiger partial charge in [-0.1, -0.05) is 29.8 Å². The van der Waals surface area contributed by atoms with E-state index in [9.17, 15) is 26.7 Å². The minimum Gasteiger partial charge on any atom is -0.346 e. The standard InChI is InChI=1S/C16H10BrClF5NO/c17-12-4-2-1-3-10(12)14(25)24-8-15(19,20)11-6-5-9(7-13(11)18)16(21,22)23/h1-7H,8H2,(H,24,25). The molecule has 2 rings (SSSR count). The number of hydrogen-bond acceptors (Lipinski definition) is 1. The Labute approximate surface area is 153 Å². The Hall–Kier alpha value is -1.67. The maximum absolute atomic E-state index is 14.2. The van der Waals surface area contributed by atoms with Crippen LogP contribution in [0.15, 0.2) is 46.9 Å². The molecule has 1 N–H and O–H groups in total. The van der Waals surface area contributed by atoms with Crippen LogP contribution in [-0.2, 0) is 12.1 Å². The van der Waals surface area contributed by atoms with Gasteiger partial charge in [-0.3, -0.25) is 4.79 Å². The molecule has 0 aliphatic rings. The molecule has 2 nitrogen and oxygen atoms in total. The molecule has 0 heterocycles. The average Bonchev–Trinajstić information content (AvgIpc) is 2.52. The first-order chi connectivity index (χ1) is 11.5. The molecule has 2 aromatic carbocycles. The minimum atomic E-state index is -4.69. The monoisotopic (exact) mass is 441 g/mol. The van der Waals surface area contributed by atoms with Crippen molar-refractivity contribution in [1.29, 1.82) is 0 Å². The van der Waals surface area contributed by atoms with E-state index in [-0.39, 0.29) is 5.56 Å². The molecule has 0 unspecified atom stereocenters. The number of rotatable bonds is 4. The van der Waals surface area contributed by atoms with Gasteiger partial charge in [0, 0.05) is 10.0 Å². The second-order valence-corrected chi connectivity index (χ2v) is 6.32. The van der Waals surface area contributed by atoms with Crippen molar-refractivity contribution < 1.29 is 26.7 Å². The Balaban J connectivity index is 2.16. The molecular formula is C16H10BrClF5NO. The van der Waals surface area contributed by atoms with Gasteiger partial charge in [-0.2, -0.15) is 22.0 Å². The molecular weight excluding hydrogens is 433 g/mol. The molecule has 0 radical (unpaired) electrons. The van der Waals surface area contributed by atoms with Crippen molar-refractivity contribution in [2.75, 3.05) is 6.54 Å². The summed E-state index contributed by atoms with van der Waals surface area (Å²) in [6, 6.07) is 7.77. The van der Waals surface area contributed by atoms with Crippen LogP contribution in [0, 0.1) is 0 Å². The van der Waals surface area contributed by atoms with Crippen molar-refractivity contribution in [3.05, 3.63) is 68.7 Å². The largest absolute Gasteiger partial charge is 0.416 e. The molecule has 0 spiro atoms. The summed E-state index contributed by atoms with van der Waals surface area (Å²) in [7, 11) is 0. The highest BCUT2D eigenvalue weighted by Gasteiger charge is 2.37. The lowest BCUT2D eigenvalue weighted by Crippen LogP contribution is -2.35. The summed E-state index contributed by atoms with van der Waals surface area (Å²) in [5, 5.41) is 1.32. The van der Waals surface area contributed by atoms with Gasteiger partial charge in [0.1, 0.15) is 0 Å². The average molecular weight is 443 g/mol. The highest BCUT2D eigenvalue weighted by molar-refractivity contribution is 9.10. The molecule has 134 valence electrons. The van der Waals surface area contributed by atoms with Crippen LogP contribution in [0.4, 0.5) is 22.0 Å². The lowest BCUT2D eigenvalue weighted by Gasteiger charge is -2.20. The molecule has 0 saturated heterocycles. The van der Waals surface area contributed by atoms with E-state index < -0.39 is 40.7 Å². The van der Waals surface area contributed by atoms with Gasteiger partial charge < -0.3 is 5.32 Å². The highest BCUT2D eigenvalue weighted by atomic mass is 79.9. The zero-order chi connectivity index (χ0) is 18.8. The van der Waals surface area contributed by atoms with Crippen molar-refractivity contribution in [3.8, 4) is 0 Å². The fourth-order valence-corrected chi connectivity index (χ4v) is 2.80. The van der Waals surface area contributed by atoms with Gasteiger partial charge in [-0.05, 0) is 40.2 Å². The van der Waals surface area contributed by atoms with E-state index in [4.69, 9.17) is 11.6 Å². The smallest absolute Gasteiger partial charge is 0.346 e. The third-order valence-electron chi connectivity index (χ3n) is 3.28. The van der Waals surface area contributed by atoms with Crippen LogP contribution in [0.1, 0.15) is 21.5 Å². The molecule has 0 bridgehead atoms. The maximum Gasteiger partial charge on any atom is 0.416 e. The molecule has 25 heavy (non-hydrogen) atoms. The van der Waals surface area contributed by atoms with Gasteiger partial charge in [0.25, 0.3) is 11.8 Å². The molecule has 0 atom stereocenters. The van der Waals surface area contributed by atoms with Gasteiger partial charge in [0.15, 0.2) is 0 Å². The van der Waals surface area contributed by atoms with Crippen molar-refractivity contribution in [2.45, 2.75) is 12.1 Å². The van der Waals surface area contributed by atoms with E-state index in [1.54, 1.807) is 18.2 Å². The van der Waals surface area contributed by atoms with Crippen LogP contribution in [0.3, 0.4) is 0 Å². The van der Waals surface area contributed by atoms with Gasteiger partial charge >= 0.3 is 6.18 Å². The number of carbonyl (C=O) groups excluding carboxylic acids is 1. The number of hydrogen-bond donors (Lipinski definition) is 1. The Morgan fingerprint density at radius 1 is 1.08 bits per heavy atom. The molecule has 2 aromatic rings. The first kappa shape index (κ1) is 19.7.